The van der Waals surface area contributed by atoms with Gasteiger partial charge in [-0.2, -0.15) is 9.97 Å². The van der Waals surface area contributed by atoms with E-state index < -0.39 is 23.3 Å². The Labute approximate surface area is 258 Å². The fourth-order valence-electron chi connectivity index (χ4n) is 7.87. The molecule has 3 atom stereocenters. The molecule has 12 heteroatoms. The van der Waals surface area contributed by atoms with Crippen LogP contribution in [0.1, 0.15) is 37.7 Å². The van der Waals surface area contributed by atoms with Crippen molar-refractivity contribution in [1.29, 1.82) is 0 Å². The van der Waals surface area contributed by atoms with Crippen molar-refractivity contribution in [1.82, 2.24) is 25.2 Å². The molecule has 6 heterocycles. The number of anilines is 1. The highest BCUT2D eigenvalue weighted by molar-refractivity contribution is 6.03. The van der Waals surface area contributed by atoms with Gasteiger partial charge in [-0.25, -0.2) is 18.2 Å². The van der Waals surface area contributed by atoms with Crippen LogP contribution in [0, 0.1) is 18.6 Å². The molecule has 3 fully saturated rings. The van der Waals surface area contributed by atoms with Gasteiger partial charge in [-0.15, -0.1) is 0 Å². The van der Waals surface area contributed by atoms with Crippen LogP contribution in [-0.4, -0.2) is 88.6 Å². The Balaban J connectivity index is 1.33. The predicted octanol–water partition coefficient (Wildman–Crippen LogP) is 5.04. The fraction of sp³-hybridized carbons (Fsp3) is 0.485. The molecule has 4 aliphatic rings. The van der Waals surface area contributed by atoms with E-state index in [1.54, 1.807) is 13.0 Å². The van der Waals surface area contributed by atoms with Gasteiger partial charge in [-0.05, 0) is 80.2 Å². The van der Waals surface area contributed by atoms with Gasteiger partial charge >= 0.3 is 6.01 Å². The van der Waals surface area contributed by atoms with E-state index in [0.29, 0.717) is 60.1 Å². The first-order valence-corrected chi connectivity index (χ1v) is 15.8. The lowest BCUT2D eigenvalue weighted by Gasteiger charge is -2.33. The number of nitrogens with one attached hydrogen (secondary N) is 1. The van der Waals surface area contributed by atoms with E-state index in [-0.39, 0.29) is 47.1 Å². The zero-order chi connectivity index (χ0) is 30.9. The molecule has 2 aromatic carbocycles. The number of pyridine rings is 1. The Bertz CT molecular complexity index is 1820. The van der Waals surface area contributed by atoms with Gasteiger partial charge in [0.25, 0.3) is 0 Å². The summed E-state index contributed by atoms with van der Waals surface area (Å²) in [7, 11) is 0. The molecule has 8 rings (SSSR count). The molecule has 236 valence electrons. The van der Waals surface area contributed by atoms with E-state index in [1.165, 1.54) is 18.2 Å². The number of fused-ring (bicyclic) bond motifs is 2. The lowest BCUT2D eigenvalue weighted by Crippen LogP contribution is -2.43. The Hall–Kier alpha value is -3.90. The van der Waals surface area contributed by atoms with Crippen LogP contribution in [0.4, 0.5) is 19.0 Å². The maximum absolute atomic E-state index is 17.0. The van der Waals surface area contributed by atoms with Crippen LogP contribution < -0.4 is 19.7 Å². The number of benzene rings is 2. The number of aromatic nitrogens is 3. The Morgan fingerprint density at radius 2 is 2.02 bits per heavy atom. The minimum absolute atomic E-state index is 0.00237. The molecule has 2 aromatic heterocycles. The quantitative estimate of drug-likeness (QED) is 0.318. The van der Waals surface area contributed by atoms with E-state index in [9.17, 15) is 13.9 Å². The van der Waals surface area contributed by atoms with E-state index in [4.69, 9.17) is 14.5 Å². The summed E-state index contributed by atoms with van der Waals surface area (Å²) in [4.78, 5) is 18.5. The van der Waals surface area contributed by atoms with E-state index in [0.717, 1.165) is 38.9 Å². The third-order valence-electron chi connectivity index (χ3n) is 10.0. The number of rotatable bonds is 5. The first kappa shape index (κ1) is 28.6. The monoisotopic (exact) mass is 620 g/mol. The highest BCUT2D eigenvalue weighted by atomic mass is 19.1. The topological polar surface area (TPSA) is 95.9 Å². The smallest absolute Gasteiger partial charge is 0.319 e. The van der Waals surface area contributed by atoms with E-state index in [1.807, 2.05) is 0 Å². The van der Waals surface area contributed by atoms with Gasteiger partial charge in [0.2, 0.25) is 5.88 Å². The third kappa shape index (κ3) is 4.72. The molecule has 0 amide bonds. The summed E-state index contributed by atoms with van der Waals surface area (Å²) in [6, 6.07) is 5.89. The summed E-state index contributed by atoms with van der Waals surface area (Å²) in [5.41, 5.74) is -0.0505. The van der Waals surface area contributed by atoms with Crippen molar-refractivity contribution < 1.29 is 27.8 Å². The fourth-order valence-corrected chi connectivity index (χ4v) is 7.87. The summed E-state index contributed by atoms with van der Waals surface area (Å²) >= 11 is 0. The summed E-state index contributed by atoms with van der Waals surface area (Å²) in [6.07, 6.45) is 2.82. The number of aryl methyl sites for hydroxylation is 1. The second-order valence-corrected chi connectivity index (χ2v) is 12.8. The number of halogens is 3. The summed E-state index contributed by atoms with van der Waals surface area (Å²) in [6.45, 7) is 5.61. The Morgan fingerprint density at radius 1 is 1.13 bits per heavy atom. The number of aromatic hydroxyl groups is 1. The van der Waals surface area contributed by atoms with Crippen LogP contribution >= 0.6 is 0 Å². The lowest BCUT2D eigenvalue weighted by molar-refractivity contribution is 0.107. The number of nitrogens with zero attached hydrogens (tertiary/aromatic N) is 5. The van der Waals surface area contributed by atoms with Gasteiger partial charge < -0.3 is 24.8 Å². The second-order valence-electron chi connectivity index (χ2n) is 12.8. The molecule has 9 nitrogen and oxygen atoms in total. The molecule has 0 radical (unpaired) electrons. The van der Waals surface area contributed by atoms with Crippen LogP contribution in [0.5, 0.6) is 17.6 Å². The molecule has 4 aromatic rings. The van der Waals surface area contributed by atoms with Crippen molar-refractivity contribution in [2.45, 2.75) is 56.8 Å². The average Bonchev–Trinajstić information content (AvgIpc) is 3.74. The normalized spacial score (nSPS) is 25.0. The van der Waals surface area contributed by atoms with Crippen LogP contribution in [-0.2, 0) is 0 Å². The third-order valence-corrected chi connectivity index (χ3v) is 10.0. The number of ether oxygens (including phenoxy) is 2. The second kappa shape index (κ2) is 10.9. The first-order chi connectivity index (χ1) is 21.8. The minimum Gasteiger partial charge on any atom is -0.508 e. The van der Waals surface area contributed by atoms with Gasteiger partial charge in [0.15, 0.2) is 5.82 Å². The zero-order valence-corrected chi connectivity index (χ0v) is 25.1. The van der Waals surface area contributed by atoms with Crippen molar-refractivity contribution in [3.63, 3.8) is 0 Å². The predicted molar refractivity (Wildman–Crippen MR) is 164 cm³/mol. The number of phenols is 1. The van der Waals surface area contributed by atoms with E-state index >= 15 is 4.39 Å². The zero-order valence-electron chi connectivity index (χ0n) is 25.1. The largest absolute Gasteiger partial charge is 0.508 e. The molecule has 0 spiro atoms. The van der Waals surface area contributed by atoms with Crippen LogP contribution in [0.15, 0.2) is 24.3 Å². The molecular weight excluding hydrogens is 585 g/mol. The standard InChI is InChI=1S/C33H35F3N6O3/c1-18-24(35)5-4-19-12-22(43)13-23(25(18)19)28-27(36)29-26-30(42(21-6-8-37-15-21)10-3-11-44-31(26)38-28)40-32(39-29)45-17-33-7-2-9-41(33)16-20(34)14-33/h4-5,12-13,20-21,37,43H,2-3,6-11,14-17H2,1H3/t20-,21?,33+/m1/s1. The number of phenolic OH excluding ortho intramolecular Hbond substituents is 1. The van der Waals surface area contributed by atoms with Crippen molar-refractivity contribution in [3.05, 3.63) is 41.5 Å². The van der Waals surface area contributed by atoms with Gasteiger partial charge in [0, 0.05) is 37.7 Å². The molecule has 0 bridgehead atoms. The molecule has 1 unspecified atom stereocenters. The molecule has 0 aliphatic carbocycles. The first-order valence-electron chi connectivity index (χ1n) is 15.8. The summed E-state index contributed by atoms with van der Waals surface area (Å²) in [5.74, 6) is -0.665. The number of hydrogen-bond donors (Lipinski definition) is 2. The van der Waals surface area contributed by atoms with Crippen molar-refractivity contribution in [2.24, 2.45) is 0 Å². The van der Waals surface area contributed by atoms with Crippen molar-refractivity contribution in [3.8, 4) is 28.9 Å². The maximum Gasteiger partial charge on any atom is 0.319 e. The van der Waals surface area contributed by atoms with Gasteiger partial charge in [-0.3, -0.25) is 4.90 Å². The molecule has 0 saturated carbocycles. The molecule has 4 aliphatic heterocycles. The molecular formula is C33H35F3N6O3. The van der Waals surface area contributed by atoms with E-state index in [2.05, 4.69) is 25.1 Å². The summed E-state index contributed by atoms with van der Waals surface area (Å²) in [5, 5.41) is 15.3. The lowest BCUT2D eigenvalue weighted by atomic mass is 9.95. The van der Waals surface area contributed by atoms with Crippen LogP contribution in [0.2, 0.25) is 0 Å². The minimum atomic E-state index is -0.915. The van der Waals surface area contributed by atoms with Gasteiger partial charge in [0.05, 0.1) is 12.1 Å². The van der Waals surface area contributed by atoms with Crippen LogP contribution in [0.3, 0.4) is 0 Å². The van der Waals surface area contributed by atoms with Crippen molar-refractivity contribution >= 4 is 27.5 Å². The molecule has 3 saturated heterocycles. The van der Waals surface area contributed by atoms with Crippen LogP contribution in [0.25, 0.3) is 32.9 Å². The molecule has 2 N–H and O–H groups in total. The highest BCUT2D eigenvalue weighted by Crippen LogP contribution is 2.44. The SMILES string of the molecule is Cc1c(F)ccc2cc(O)cc(-c3nc4c5c(nc(OC[C@@]67CCCN6C[C@H](F)C7)nc5c3F)N(C3CCNC3)CCCO4)c12. The number of alkyl halides is 1. The molecule has 45 heavy (non-hydrogen) atoms. The highest BCUT2D eigenvalue weighted by Gasteiger charge is 2.49. The number of hydrogen-bond acceptors (Lipinski definition) is 9. The summed E-state index contributed by atoms with van der Waals surface area (Å²) < 4.78 is 58.7. The van der Waals surface area contributed by atoms with Gasteiger partial charge in [-0.1, -0.05) is 6.07 Å². The van der Waals surface area contributed by atoms with Gasteiger partial charge in [0.1, 0.15) is 46.8 Å². The Morgan fingerprint density at radius 3 is 2.87 bits per heavy atom. The van der Waals surface area contributed by atoms with Crippen molar-refractivity contribution in [2.75, 3.05) is 50.8 Å². The Kier molecular flexibility index (Phi) is 6.90. The maximum atomic E-state index is 17.0. The average molecular weight is 621 g/mol.